The van der Waals surface area contributed by atoms with E-state index in [1.807, 2.05) is 36.6 Å². The van der Waals surface area contributed by atoms with E-state index in [1.165, 1.54) is 4.90 Å². The van der Waals surface area contributed by atoms with Gasteiger partial charge in [-0.25, -0.2) is 9.97 Å². The van der Waals surface area contributed by atoms with Crippen LogP contribution in [0, 0.1) is 13.8 Å². The molecule has 3 heterocycles. The number of aryl methyl sites for hydroxylation is 2. The van der Waals surface area contributed by atoms with E-state index in [0.29, 0.717) is 6.54 Å². The van der Waals surface area contributed by atoms with E-state index in [2.05, 4.69) is 44.0 Å². The van der Waals surface area contributed by atoms with Crippen LogP contribution in [0.2, 0.25) is 0 Å². The van der Waals surface area contributed by atoms with Crippen molar-refractivity contribution in [1.82, 2.24) is 14.9 Å². The lowest BCUT2D eigenvalue weighted by Gasteiger charge is -2.27. The first-order valence-electron chi connectivity index (χ1n) is 10.4. The van der Waals surface area contributed by atoms with Crippen LogP contribution in [0.1, 0.15) is 24.4 Å². The third kappa shape index (κ3) is 4.90. The van der Waals surface area contributed by atoms with E-state index in [4.69, 9.17) is 0 Å². The molecule has 2 aromatic rings. The van der Waals surface area contributed by atoms with Crippen LogP contribution in [-0.2, 0) is 4.79 Å². The van der Waals surface area contributed by atoms with Gasteiger partial charge in [-0.15, -0.1) is 11.8 Å². The molecule has 0 aliphatic carbocycles. The van der Waals surface area contributed by atoms with Crippen LogP contribution >= 0.6 is 11.8 Å². The van der Waals surface area contributed by atoms with Crippen molar-refractivity contribution in [2.24, 2.45) is 0 Å². The van der Waals surface area contributed by atoms with Gasteiger partial charge in [0.05, 0.1) is 12.2 Å². The number of aromatic nitrogens is 2. The van der Waals surface area contributed by atoms with Crippen LogP contribution in [0.3, 0.4) is 0 Å². The first kappa shape index (κ1) is 20.2. The van der Waals surface area contributed by atoms with Gasteiger partial charge in [0.1, 0.15) is 11.6 Å². The molecule has 29 heavy (non-hydrogen) atoms. The molecule has 0 atom stereocenters. The molecule has 2 aliphatic rings. The number of amides is 1. The fourth-order valence-electron chi connectivity index (χ4n) is 4.08. The first-order chi connectivity index (χ1) is 14.1. The van der Waals surface area contributed by atoms with Gasteiger partial charge in [-0.2, -0.15) is 0 Å². The average molecular weight is 412 g/mol. The van der Waals surface area contributed by atoms with Crippen molar-refractivity contribution in [1.29, 1.82) is 0 Å². The molecule has 2 aliphatic heterocycles. The van der Waals surface area contributed by atoms with Gasteiger partial charge in [0.25, 0.3) is 0 Å². The van der Waals surface area contributed by atoms with Gasteiger partial charge in [-0.05, 0) is 44.6 Å². The number of benzene rings is 1. The molecule has 0 unspecified atom stereocenters. The fourth-order valence-corrected chi connectivity index (χ4v) is 5.07. The summed E-state index contributed by atoms with van der Waals surface area (Å²) >= 11 is 1.85. The van der Waals surface area contributed by atoms with E-state index in [-0.39, 0.29) is 5.91 Å². The summed E-state index contributed by atoms with van der Waals surface area (Å²) in [5.41, 5.74) is 2.07. The Bertz CT molecular complexity index is 854. The first-order valence-corrected chi connectivity index (χ1v) is 11.4. The lowest BCUT2D eigenvalue weighted by Crippen LogP contribution is -2.42. The van der Waals surface area contributed by atoms with Gasteiger partial charge in [0, 0.05) is 49.4 Å². The predicted molar refractivity (Wildman–Crippen MR) is 119 cm³/mol. The number of anilines is 2. The number of hydrogen-bond donors (Lipinski definition) is 0. The molecule has 0 spiro atoms. The van der Waals surface area contributed by atoms with E-state index in [0.717, 1.165) is 74.3 Å². The smallest absolute Gasteiger partial charge is 0.241 e. The minimum absolute atomic E-state index is 0.210. The Balaban J connectivity index is 1.41. The minimum atomic E-state index is 0.210. The van der Waals surface area contributed by atoms with Crippen molar-refractivity contribution in [3.05, 3.63) is 41.9 Å². The van der Waals surface area contributed by atoms with Crippen molar-refractivity contribution in [2.45, 2.75) is 31.6 Å². The SMILES string of the molecule is Cc1cc(N2CCCN(CC(=O)N3CCCSc4ccccc43)CC2)nc(C)n1. The minimum Gasteiger partial charge on any atom is -0.355 e. The maximum absolute atomic E-state index is 13.2. The van der Waals surface area contributed by atoms with E-state index in [9.17, 15) is 4.79 Å². The highest BCUT2D eigenvalue weighted by Crippen LogP contribution is 2.33. The van der Waals surface area contributed by atoms with Crippen molar-refractivity contribution in [2.75, 3.05) is 54.8 Å². The predicted octanol–water partition coefficient (Wildman–Crippen LogP) is 3.13. The van der Waals surface area contributed by atoms with Crippen molar-refractivity contribution >= 4 is 29.2 Å². The summed E-state index contributed by atoms with van der Waals surface area (Å²) in [6.07, 6.45) is 2.06. The van der Waals surface area contributed by atoms with Crippen LogP contribution in [-0.4, -0.2) is 65.8 Å². The Labute approximate surface area is 177 Å². The summed E-state index contributed by atoms with van der Waals surface area (Å²) in [7, 11) is 0. The van der Waals surface area contributed by atoms with Crippen LogP contribution in [0.4, 0.5) is 11.5 Å². The zero-order chi connectivity index (χ0) is 20.2. The molecule has 1 aromatic heterocycles. The molecule has 4 rings (SSSR count). The van der Waals surface area contributed by atoms with E-state index < -0.39 is 0 Å². The van der Waals surface area contributed by atoms with Gasteiger partial charge in [0.2, 0.25) is 5.91 Å². The summed E-state index contributed by atoms with van der Waals surface area (Å²) in [4.78, 5) is 30.0. The van der Waals surface area contributed by atoms with Gasteiger partial charge >= 0.3 is 0 Å². The third-order valence-electron chi connectivity index (χ3n) is 5.46. The van der Waals surface area contributed by atoms with Crippen LogP contribution in [0.25, 0.3) is 0 Å². The highest BCUT2D eigenvalue weighted by Gasteiger charge is 2.24. The Morgan fingerprint density at radius 1 is 1.03 bits per heavy atom. The van der Waals surface area contributed by atoms with Crippen molar-refractivity contribution in [3.8, 4) is 0 Å². The Hall–Kier alpha value is -2.12. The lowest BCUT2D eigenvalue weighted by atomic mass is 10.2. The Morgan fingerprint density at radius 3 is 2.76 bits per heavy atom. The highest BCUT2D eigenvalue weighted by atomic mass is 32.2. The topological polar surface area (TPSA) is 52.6 Å². The van der Waals surface area contributed by atoms with Crippen LogP contribution in [0.5, 0.6) is 0 Å². The summed E-state index contributed by atoms with van der Waals surface area (Å²) < 4.78 is 0. The normalized spacial score (nSPS) is 18.1. The molecule has 6 nitrogen and oxygen atoms in total. The molecule has 1 saturated heterocycles. The standard InChI is InChI=1S/C22H29N5OS/c1-17-15-21(24-18(2)23-17)26-10-5-9-25(12-13-26)16-22(28)27-11-6-14-29-20-8-4-3-7-19(20)27/h3-4,7-8,15H,5-6,9-14,16H2,1-2H3. The summed E-state index contributed by atoms with van der Waals surface area (Å²) in [5, 5.41) is 0. The van der Waals surface area contributed by atoms with Gasteiger partial charge in [-0.3, -0.25) is 9.69 Å². The number of fused-ring (bicyclic) bond motifs is 1. The van der Waals surface area contributed by atoms with Crippen LogP contribution < -0.4 is 9.80 Å². The number of nitrogens with zero attached hydrogens (tertiary/aromatic N) is 5. The maximum atomic E-state index is 13.2. The molecular formula is C22H29N5OS. The summed E-state index contributed by atoms with van der Waals surface area (Å²) in [5.74, 6) is 3.09. The molecular weight excluding hydrogens is 382 g/mol. The Kier molecular flexibility index (Phi) is 6.35. The average Bonchev–Trinajstić information content (AvgIpc) is 3.06. The second-order valence-corrected chi connectivity index (χ2v) is 8.88. The lowest BCUT2D eigenvalue weighted by molar-refractivity contribution is -0.119. The van der Waals surface area contributed by atoms with E-state index in [1.54, 1.807) is 0 Å². The van der Waals surface area contributed by atoms with Gasteiger partial charge in [0.15, 0.2) is 0 Å². The maximum Gasteiger partial charge on any atom is 0.241 e. The highest BCUT2D eigenvalue weighted by molar-refractivity contribution is 7.99. The molecule has 1 aromatic carbocycles. The molecule has 1 fully saturated rings. The molecule has 0 N–H and O–H groups in total. The summed E-state index contributed by atoms with van der Waals surface area (Å²) in [6, 6.07) is 10.3. The van der Waals surface area contributed by atoms with Crippen molar-refractivity contribution < 1.29 is 4.79 Å². The third-order valence-corrected chi connectivity index (χ3v) is 6.61. The molecule has 154 valence electrons. The van der Waals surface area contributed by atoms with Gasteiger partial charge in [-0.1, -0.05) is 12.1 Å². The molecule has 0 saturated carbocycles. The number of thioether (sulfide) groups is 1. The summed E-state index contributed by atoms with van der Waals surface area (Å²) in [6.45, 7) is 8.90. The number of rotatable bonds is 3. The van der Waals surface area contributed by atoms with Gasteiger partial charge < -0.3 is 9.80 Å². The second-order valence-electron chi connectivity index (χ2n) is 7.75. The van der Waals surface area contributed by atoms with Crippen LogP contribution in [0.15, 0.2) is 35.2 Å². The number of carbonyl (C=O) groups excluding carboxylic acids is 1. The fraction of sp³-hybridized carbons (Fsp3) is 0.500. The van der Waals surface area contributed by atoms with Crippen molar-refractivity contribution in [3.63, 3.8) is 0 Å². The number of hydrogen-bond acceptors (Lipinski definition) is 6. The zero-order valence-corrected chi connectivity index (χ0v) is 18.1. The Morgan fingerprint density at radius 2 is 1.90 bits per heavy atom. The quantitative estimate of drug-likeness (QED) is 0.774. The van der Waals surface area contributed by atoms with E-state index >= 15 is 0 Å². The second kappa shape index (κ2) is 9.13. The molecule has 7 heteroatoms. The number of carbonyl (C=O) groups is 1. The number of para-hydroxylation sites is 1. The molecule has 0 radical (unpaired) electrons. The largest absolute Gasteiger partial charge is 0.355 e. The zero-order valence-electron chi connectivity index (χ0n) is 17.3. The monoisotopic (exact) mass is 411 g/mol. The molecule has 0 bridgehead atoms. The molecule has 1 amide bonds.